The van der Waals surface area contributed by atoms with Crippen molar-refractivity contribution < 1.29 is 10.2 Å². The fraction of sp³-hybridized carbons (Fsp3) is 0. The highest BCUT2D eigenvalue weighted by Gasteiger charge is 2.14. The van der Waals surface area contributed by atoms with Crippen molar-refractivity contribution in [1.82, 2.24) is 19.9 Å². The summed E-state index contributed by atoms with van der Waals surface area (Å²) in [5.41, 5.74) is 0.795. The summed E-state index contributed by atoms with van der Waals surface area (Å²) in [6.07, 6.45) is 2.75. The molecule has 0 fully saturated rings. The average molecular weight is 234 g/mol. The van der Waals surface area contributed by atoms with E-state index in [4.69, 9.17) is 12.2 Å². The first-order valence-electron chi connectivity index (χ1n) is 4.46. The summed E-state index contributed by atoms with van der Waals surface area (Å²) in [5, 5.41) is 19.7. The SMILES string of the molecule is OC1=c2[nH]c3nc(=S)nc-3c([nH]2)=C(O)C=C1. The zero-order chi connectivity index (χ0) is 11.3. The third kappa shape index (κ3) is 1.15. The van der Waals surface area contributed by atoms with Gasteiger partial charge in [0, 0.05) is 0 Å². The molecular weight excluding hydrogens is 228 g/mol. The van der Waals surface area contributed by atoms with Crippen LogP contribution in [0.15, 0.2) is 12.2 Å². The van der Waals surface area contributed by atoms with Crippen LogP contribution in [-0.4, -0.2) is 30.1 Å². The summed E-state index contributed by atoms with van der Waals surface area (Å²) in [5.74, 6) is 0.371. The predicted molar refractivity (Wildman–Crippen MR) is 58.7 cm³/mol. The van der Waals surface area contributed by atoms with Crippen molar-refractivity contribution in [3.63, 3.8) is 0 Å². The van der Waals surface area contributed by atoms with Gasteiger partial charge in [-0.05, 0) is 24.4 Å². The van der Waals surface area contributed by atoms with Crippen LogP contribution >= 0.6 is 12.2 Å². The minimum atomic E-state index is -0.0285. The lowest BCUT2D eigenvalue weighted by atomic mass is 10.3. The molecule has 3 aliphatic heterocycles. The van der Waals surface area contributed by atoms with Crippen LogP contribution in [0.25, 0.3) is 23.0 Å². The van der Waals surface area contributed by atoms with E-state index in [1.54, 1.807) is 0 Å². The Kier molecular flexibility index (Phi) is 1.66. The molecule has 0 unspecified atom stereocenters. The van der Waals surface area contributed by atoms with E-state index in [2.05, 4.69) is 19.9 Å². The molecule has 3 rings (SSSR count). The van der Waals surface area contributed by atoms with Crippen LogP contribution in [0.2, 0.25) is 0 Å². The summed E-state index contributed by atoms with van der Waals surface area (Å²) in [6, 6.07) is 0. The maximum absolute atomic E-state index is 9.74. The minimum Gasteiger partial charge on any atom is -0.506 e. The van der Waals surface area contributed by atoms with Gasteiger partial charge in [0.15, 0.2) is 17.1 Å². The smallest absolute Gasteiger partial charge is 0.221 e. The number of aromatic amines is 2. The van der Waals surface area contributed by atoms with Gasteiger partial charge in [-0.25, -0.2) is 4.98 Å². The van der Waals surface area contributed by atoms with Crippen molar-refractivity contribution in [2.24, 2.45) is 0 Å². The number of fused-ring (bicyclic) bond motifs is 4. The van der Waals surface area contributed by atoms with Gasteiger partial charge in [0.25, 0.3) is 0 Å². The average Bonchev–Trinajstić information content (AvgIpc) is 2.58. The minimum absolute atomic E-state index is 0.0267. The zero-order valence-electron chi connectivity index (χ0n) is 7.85. The van der Waals surface area contributed by atoms with E-state index in [9.17, 15) is 10.2 Å². The van der Waals surface area contributed by atoms with E-state index < -0.39 is 0 Å². The Morgan fingerprint density at radius 3 is 2.62 bits per heavy atom. The van der Waals surface area contributed by atoms with Crippen LogP contribution < -0.4 is 10.8 Å². The first kappa shape index (κ1) is 9.10. The lowest BCUT2D eigenvalue weighted by Crippen LogP contribution is -2.28. The number of rotatable bonds is 0. The van der Waals surface area contributed by atoms with E-state index in [1.165, 1.54) is 12.2 Å². The molecule has 0 aliphatic carbocycles. The first-order chi connectivity index (χ1) is 7.65. The highest BCUT2D eigenvalue weighted by molar-refractivity contribution is 7.71. The van der Waals surface area contributed by atoms with E-state index in [1.807, 2.05) is 0 Å². The second kappa shape index (κ2) is 2.92. The van der Waals surface area contributed by atoms with Gasteiger partial charge in [0.1, 0.15) is 16.8 Å². The normalized spacial score (nSPS) is 14.5. The maximum Gasteiger partial charge on any atom is 0.221 e. The van der Waals surface area contributed by atoms with Crippen molar-refractivity contribution in [2.75, 3.05) is 0 Å². The lowest BCUT2D eigenvalue weighted by Gasteiger charge is -1.99. The van der Waals surface area contributed by atoms with Crippen molar-refractivity contribution in [3.8, 4) is 11.5 Å². The highest BCUT2D eigenvalue weighted by Crippen LogP contribution is 2.09. The van der Waals surface area contributed by atoms with Crippen molar-refractivity contribution in [2.45, 2.75) is 0 Å². The second-order valence-electron chi connectivity index (χ2n) is 3.31. The van der Waals surface area contributed by atoms with Gasteiger partial charge < -0.3 is 20.2 Å². The molecule has 0 aromatic carbocycles. The molecule has 6 nitrogen and oxygen atoms in total. The summed E-state index contributed by atoms with van der Waals surface area (Å²) >= 11 is 4.85. The van der Waals surface area contributed by atoms with Crippen LogP contribution in [0.3, 0.4) is 0 Å². The molecule has 3 aliphatic rings. The molecule has 3 heterocycles. The van der Waals surface area contributed by atoms with Gasteiger partial charge in [-0.15, -0.1) is 0 Å². The molecule has 7 heteroatoms. The van der Waals surface area contributed by atoms with Gasteiger partial charge in [-0.1, -0.05) is 0 Å². The van der Waals surface area contributed by atoms with E-state index in [0.29, 0.717) is 22.3 Å². The Morgan fingerprint density at radius 1 is 1.06 bits per heavy atom. The Hall–Kier alpha value is -2.15. The number of aliphatic hydroxyl groups is 2. The topological polar surface area (TPSA) is 97.8 Å². The van der Waals surface area contributed by atoms with Gasteiger partial charge >= 0.3 is 0 Å². The largest absolute Gasteiger partial charge is 0.506 e. The molecule has 4 N–H and O–H groups in total. The van der Waals surface area contributed by atoms with Gasteiger partial charge in [-0.2, -0.15) is 4.98 Å². The Balaban J connectivity index is 2.67. The van der Waals surface area contributed by atoms with Crippen LogP contribution in [-0.2, 0) is 0 Å². The molecular formula is C9H6N4O2S. The summed E-state index contributed by atoms with van der Waals surface area (Å²) in [6.45, 7) is 0. The molecule has 0 atom stereocenters. The molecule has 0 amide bonds. The van der Waals surface area contributed by atoms with Crippen molar-refractivity contribution in [1.29, 1.82) is 0 Å². The van der Waals surface area contributed by atoms with Gasteiger partial charge in [0.05, 0.1) is 0 Å². The number of hydrogen-bond donors (Lipinski definition) is 4. The second-order valence-corrected chi connectivity index (χ2v) is 3.67. The Labute approximate surface area is 93.7 Å². The van der Waals surface area contributed by atoms with Crippen LogP contribution in [0.1, 0.15) is 0 Å². The van der Waals surface area contributed by atoms with Gasteiger partial charge in [-0.3, -0.25) is 0 Å². The Morgan fingerprint density at radius 2 is 1.81 bits per heavy atom. The standard InChI is InChI=1S/C9H6N4O2S/c14-3-1-2-4(15)7-10-5(3)6-8(12-7)13-9(16)11-6/h1-2,14-15H,(H2,10,11,12,13,16). The molecule has 80 valence electrons. The fourth-order valence-corrected chi connectivity index (χ4v) is 1.74. The number of nitrogens with one attached hydrogen (secondary N) is 2. The summed E-state index contributed by atoms with van der Waals surface area (Å²) in [7, 11) is 0. The predicted octanol–water partition coefficient (Wildman–Crippen LogP) is -0.131. The van der Waals surface area contributed by atoms with Crippen LogP contribution in [0.5, 0.6) is 0 Å². The molecule has 0 aromatic heterocycles. The molecule has 0 saturated heterocycles. The number of hydrogen-bond acceptors (Lipinski definition) is 5. The van der Waals surface area contributed by atoms with Crippen molar-refractivity contribution >= 4 is 23.7 Å². The van der Waals surface area contributed by atoms with Crippen LogP contribution in [0, 0.1) is 4.77 Å². The fourth-order valence-electron chi connectivity index (χ4n) is 1.56. The third-order valence-corrected chi connectivity index (χ3v) is 2.46. The summed E-state index contributed by atoms with van der Waals surface area (Å²) < 4.78 is 0.190. The van der Waals surface area contributed by atoms with E-state index in [-0.39, 0.29) is 16.3 Å². The zero-order valence-corrected chi connectivity index (χ0v) is 8.67. The number of imidazole rings is 1. The van der Waals surface area contributed by atoms with E-state index in [0.717, 1.165) is 0 Å². The maximum atomic E-state index is 9.74. The van der Waals surface area contributed by atoms with Gasteiger partial charge in [0.2, 0.25) is 4.77 Å². The van der Waals surface area contributed by atoms with E-state index >= 15 is 0 Å². The third-order valence-electron chi connectivity index (χ3n) is 2.28. The highest BCUT2D eigenvalue weighted by atomic mass is 32.1. The molecule has 2 bridgehead atoms. The van der Waals surface area contributed by atoms with Crippen LogP contribution in [0.4, 0.5) is 0 Å². The molecule has 0 spiro atoms. The lowest BCUT2D eigenvalue weighted by molar-refractivity contribution is 0.505. The number of aromatic nitrogens is 4. The number of aliphatic hydroxyl groups excluding tert-OH is 2. The Bertz CT molecular complexity index is 755. The molecule has 0 saturated carbocycles. The monoisotopic (exact) mass is 234 g/mol. The quantitative estimate of drug-likeness (QED) is 0.476. The molecule has 16 heavy (non-hydrogen) atoms. The molecule has 0 radical (unpaired) electrons. The number of nitrogens with zero attached hydrogens (tertiary/aromatic N) is 2. The van der Waals surface area contributed by atoms with Crippen molar-refractivity contribution in [3.05, 3.63) is 27.8 Å². The first-order valence-corrected chi connectivity index (χ1v) is 4.86. The summed E-state index contributed by atoms with van der Waals surface area (Å²) in [4.78, 5) is 13.7. The number of H-pyrrole nitrogens is 2. The molecule has 0 aromatic rings.